The highest BCUT2D eigenvalue weighted by molar-refractivity contribution is 4.63. The molecule has 0 aromatic heterocycles. The minimum Gasteiger partial charge on any atom is -0.299 e. The van der Waals surface area contributed by atoms with Crippen molar-refractivity contribution in [3.63, 3.8) is 0 Å². The average Bonchev–Trinajstić information content (AvgIpc) is 1.83. The number of hydrogen-bond donors (Lipinski definition) is 1. The summed E-state index contributed by atoms with van der Waals surface area (Å²) < 4.78 is 0. The number of hydroxylamine groups is 1. The van der Waals surface area contributed by atoms with Crippen LogP contribution in [0.2, 0.25) is 0 Å². The van der Waals surface area contributed by atoms with Crippen LogP contribution >= 0.6 is 0 Å². The fourth-order valence-electron chi connectivity index (χ4n) is 1.17. The van der Waals surface area contributed by atoms with Gasteiger partial charge < -0.3 is 0 Å². The van der Waals surface area contributed by atoms with Crippen LogP contribution in [0.4, 0.5) is 0 Å². The summed E-state index contributed by atoms with van der Waals surface area (Å²) in [5, 5.41) is 12.4. The third-order valence-corrected chi connectivity index (χ3v) is 1.85. The lowest BCUT2D eigenvalue weighted by atomic mass is 10.1. The summed E-state index contributed by atoms with van der Waals surface area (Å²) >= 11 is 0. The Kier molecular flexibility index (Phi) is 2.05. The van der Waals surface area contributed by atoms with Gasteiger partial charge in [-0.1, -0.05) is 0 Å². The maximum absolute atomic E-state index is 9.21. The first-order valence-corrected chi connectivity index (χ1v) is 3.41. The zero-order valence-electron chi connectivity index (χ0n) is 6.04. The molecule has 1 unspecified atom stereocenters. The Morgan fingerprint density at radius 1 is 1.56 bits per heavy atom. The van der Waals surface area contributed by atoms with E-state index >= 15 is 0 Å². The second-order valence-electron chi connectivity index (χ2n) is 2.69. The molecule has 1 saturated heterocycles. The van der Waals surface area contributed by atoms with Crippen molar-refractivity contribution < 1.29 is 5.21 Å². The van der Waals surface area contributed by atoms with Gasteiger partial charge in [0.2, 0.25) is 0 Å². The van der Waals surface area contributed by atoms with Gasteiger partial charge in [-0.15, -0.1) is 5.17 Å². The molecule has 0 spiro atoms. The summed E-state index contributed by atoms with van der Waals surface area (Å²) in [4.78, 5) is 0. The van der Waals surface area contributed by atoms with Gasteiger partial charge in [0.25, 0.3) is 0 Å². The Morgan fingerprint density at radius 3 is 2.67 bits per heavy atom. The molecule has 1 rings (SSSR count). The molecule has 1 N–H and O–H groups in total. The van der Waals surface area contributed by atoms with Crippen LogP contribution in [0.3, 0.4) is 0 Å². The normalized spacial score (nSPS) is 33.0. The molecular formula is C6H14N2O. The maximum Gasteiger partial charge on any atom is 0.0484 e. The lowest BCUT2D eigenvalue weighted by Crippen LogP contribution is -2.47. The molecular weight excluding hydrogens is 116 g/mol. The monoisotopic (exact) mass is 130 g/mol. The largest absolute Gasteiger partial charge is 0.299 e. The van der Waals surface area contributed by atoms with Gasteiger partial charge in [0, 0.05) is 19.6 Å². The Bertz CT molecular complexity index is 87.1. The van der Waals surface area contributed by atoms with Crippen LogP contribution in [-0.4, -0.2) is 35.0 Å². The summed E-state index contributed by atoms with van der Waals surface area (Å²) in [6.45, 7) is 3.00. The molecule has 0 bridgehead atoms. The second-order valence-corrected chi connectivity index (χ2v) is 2.69. The van der Waals surface area contributed by atoms with Crippen molar-refractivity contribution in [1.82, 2.24) is 10.2 Å². The van der Waals surface area contributed by atoms with Gasteiger partial charge in [-0.3, -0.25) is 5.21 Å². The molecule has 0 saturated carbocycles. The molecule has 54 valence electrons. The summed E-state index contributed by atoms with van der Waals surface area (Å²) in [7, 11) is 1.90. The molecule has 0 aliphatic carbocycles. The smallest absolute Gasteiger partial charge is 0.0484 e. The van der Waals surface area contributed by atoms with Crippen molar-refractivity contribution >= 4 is 0 Å². The molecule has 3 heteroatoms. The topological polar surface area (TPSA) is 26.7 Å². The van der Waals surface area contributed by atoms with Crippen molar-refractivity contribution in [2.45, 2.75) is 25.8 Å². The summed E-state index contributed by atoms with van der Waals surface area (Å²) in [5.41, 5.74) is 0. The van der Waals surface area contributed by atoms with Gasteiger partial charge in [0.1, 0.15) is 0 Å². The van der Waals surface area contributed by atoms with E-state index in [-0.39, 0.29) is 0 Å². The van der Waals surface area contributed by atoms with Crippen LogP contribution in [0.15, 0.2) is 0 Å². The van der Waals surface area contributed by atoms with E-state index < -0.39 is 0 Å². The summed E-state index contributed by atoms with van der Waals surface area (Å²) in [5.74, 6) is 0. The predicted molar refractivity (Wildman–Crippen MR) is 35.0 cm³/mol. The molecule has 1 atom stereocenters. The average molecular weight is 130 g/mol. The first-order chi connectivity index (χ1) is 4.22. The molecule has 1 aliphatic rings. The first kappa shape index (κ1) is 6.99. The van der Waals surface area contributed by atoms with Crippen LogP contribution < -0.4 is 0 Å². The zero-order chi connectivity index (χ0) is 6.85. The van der Waals surface area contributed by atoms with Gasteiger partial charge >= 0.3 is 0 Å². The van der Waals surface area contributed by atoms with Crippen molar-refractivity contribution in [1.29, 1.82) is 0 Å². The van der Waals surface area contributed by atoms with E-state index in [0.29, 0.717) is 6.04 Å². The Hall–Kier alpha value is -0.120. The van der Waals surface area contributed by atoms with Gasteiger partial charge in [0.05, 0.1) is 0 Å². The number of rotatable bonds is 0. The molecule has 0 aromatic carbocycles. The second kappa shape index (κ2) is 2.64. The molecule has 0 radical (unpaired) electrons. The Balaban J connectivity index is 2.41. The fourth-order valence-corrected chi connectivity index (χ4v) is 1.17. The van der Waals surface area contributed by atoms with Crippen LogP contribution in [0.1, 0.15) is 19.8 Å². The third kappa shape index (κ3) is 1.41. The minimum atomic E-state index is 0.295. The summed E-state index contributed by atoms with van der Waals surface area (Å²) in [6.07, 6.45) is 2.29. The highest BCUT2D eigenvalue weighted by Gasteiger charge is 2.20. The van der Waals surface area contributed by atoms with E-state index in [1.54, 1.807) is 0 Å². The molecule has 1 heterocycles. The lowest BCUT2D eigenvalue weighted by Gasteiger charge is -2.35. The number of hydrogen-bond acceptors (Lipinski definition) is 3. The Morgan fingerprint density at radius 2 is 2.22 bits per heavy atom. The van der Waals surface area contributed by atoms with Gasteiger partial charge in [-0.25, -0.2) is 5.01 Å². The number of nitrogens with zero attached hydrogens (tertiary/aromatic N) is 2. The maximum atomic E-state index is 9.21. The van der Waals surface area contributed by atoms with Gasteiger partial charge in [-0.2, -0.15) is 0 Å². The van der Waals surface area contributed by atoms with Crippen LogP contribution in [0.5, 0.6) is 0 Å². The number of hydrazine groups is 1. The highest BCUT2D eigenvalue weighted by Crippen LogP contribution is 2.12. The molecule has 1 fully saturated rings. The summed E-state index contributed by atoms with van der Waals surface area (Å²) in [6, 6.07) is 0.295. The highest BCUT2D eigenvalue weighted by atomic mass is 16.6. The van der Waals surface area contributed by atoms with Gasteiger partial charge in [0.15, 0.2) is 0 Å². The van der Waals surface area contributed by atoms with E-state index in [0.717, 1.165) is 13.0 Å². The van der Waals surface area contributed by atoms with Crippen molar-refractivity contribution in [3.8, 4) is 0 Å². The lowest BCUT2D eigenvalue weighted by molar-refractivity contribution is -0.273. The first-order valence-electron chi connectivity index (χ1n) is 3.41. The fraction of sp³-hybridized carbons (Fsp3) is 1.00. The molecule has 9 heavy (non-hydrogen) atoms. The molecule has 1 aliphatic heterocycles. The Labute approximate surface area is 55.8 Å². The van der Waals surface area contributed by atoms with Crippen molar-refractivity contribution in [2.24, 2.45) is 0 Å². The van der Waals surface area contributed by atoms with E-state index in [1.807, 2.05) is 19.0 Å². The van der Waals surface area contributed by atoms with Crippen molar-refractivity contribution in [3.05, 3.63) is 0 Å². The van der Waals surface area contributed by atoms with E-state index in [2.05, 4.69) is 0 Å². The van der Waals surface area contributed by atoms with Crippen LogP contribution in [0, 0.1) is 0 Å². The third-order valence-electron chi connectivity index (χ3n) is 1.85. The van der Waals surface area contributed by atoms with E-state index in [9.17, 15) is 5.21 Å². The molecule has 0 amide bonds. The van der Waals surface area contributed by atoms with Crippen LogP contribution in [-0.2, 0) is 0 Å². The molecule has 3 nitrogen and oxygen atoms in total. The standard InChI is InChI=1S/C6H14N2O/c1-6-4-3-5-7(2)8(6)9/h6,9H,3-5H2,1-2H3. The molecule has 0 aromatic rings. The van der Waals surface area contributed by atoms with Crippen LogP contribution in [0.25, 0.3) is 0 Å². The zero-order valence-corrected chi connectivity index (χ0v) is 6.04. The predicted octanol–water partition coefficient (Wildman–Crippen LogP) is 0.707. The van der Waals surface area contributed by atoms with Crippen molar-refractivity contribution in [2.75, 3.05) is 13.6 Å². The SMILES string of the molecule is CC1CCCN(C)N1O. The van der Waals surface area contributed by atoms with E-state index in [1.165, 1.54) is 11.6 Å². The quantitative estimate of drug-likeness (QED) is 0.523. The minimum absolute atomic E-state index is 0.295. The van der Waals surface area contributed by atoms with E-state index in [4.69, 9.17) is 0 Å². The van der Waals surface area contributed by atoms with Gasteiger partial charge in [-0.05, 0) is 19.8 Å².